The van der Waals surface area contributed by atoms with E-state index in [4.69, 9.17) is 0 Å². The van der Waals surface area contributed by atoms with Crippen molar-refractivity contribution in [3.63, 3.8) is 0 Å². The number of amides is 2. The third kappa shape index (κ3) is 7.89. The van der Waals surface area contributed by atoms with Gasteiger partial charge in [0.2, 0.25) is 11.8 Å². The highest BCUT2D eigenvalue weighted by molar-refractivity contribution is 7.92. The molecule has 3 aromatic rings. The van der Waals surface area contributed by atoms with Crippen LogP contribution in [0.1, 0.15) is 38.3 Å². The lowest BCUT2D eigenvalue weighted by atomic mass is 10.1. The van der Waals surface area contributed by atoms with Gasteiger partial charge in [-0.25, -0.2) is 12.8 Å². The average molecular weight is 554 g/mol. The number of aryl methyl sites for hydroxylation is 1. The third-order valence-electron chi connectivity index (χ3n) is 6.27. The predicted octanol–water partition coefficient (Wildman–Crippen LogP) is 4.91. The summed E-state index contributed by atoms with van der Waals surface area (Å²) in [6.45, 7) is 7.70. The fourth-order valence-electron chi connectivity index (χ4n) is 4.10. The molecule has 0 aliphatic carbocycles. The second kappa shape index (κ2) is 13.4. The number of halogens is 1. The van der Waals surface area contributed by atoms with Crippen molar-refractivity contribution in [1.29, 1.82) is 0 Å². The van der Waals surface area contributed by atoms with Crippen LogP contribution in [0.5, 0.6) is 0 Å². The van der Waals surface area contributed by atoms with E-state index in [1.807, 2.05) is 58.0 Å². The Morgan fingerprint density at radius 1 is 0.923 bits per heavy atom. The van der Waals surface area contributed by atoms with Crippen LogP contribution in [0.4, 0.5) is 10.1 Å². The summed E-state index contributed by atoms with van der Waals surface area (Å²) in [6, 6.07) is 19.7. The van der Waals surface area contributed by atoms with Crippen LogP contribution in [-0.4, -0.2) is 44.3 Å². The number of hydrogen-bond acceptors (Lipinski definition) is 4. The van der Waals surface area contributed by atoms with E-state index in [0.717, 1.165) is 27.6 Å². The van der Waals surface area contributed by atoms with Crippen molar-refractivity contribution in [1.82, 2.24) is 10.2 Å². The minimum atomic E-state index is -4.24. The molecule has 0 aliphatic heterocycles. The molecule has 0 aromatic heterocycles. The van der Waals surface area contributed by atoms with Crippen LogP contribution in [0, 0.1) is 18.7 Å². The van der Waals surface area contributed by atoms with Crippen molar-refractivity contribution in [2.75, 3.05) is 17.4 Å². The van der Waals surface area contributed by atoms with Crippen molar-refractivity contribution >= 4 is 27.5 Å². The highest BCUT2D eigenvalue weighted by Crippen LogP contribution is 2.25. The van der Waals surface area contributed by atoms with Gasteiger partial charge >= 0.3 is 0 Å². The smallest absolute Gasteiger partial charge is 0.264 e. The average Bonchev–Trinajstić information content (AvgIpc) is 2.91. The number of sulfonamides is 1. The molecule has 7 nitrogen and oxygen atoms in total. The molecule has 1 atom stereocenters. The topological polar surface area (TPSA) is 86.8 Å². The largest absolute Gasteiger partial charge is 0.354 e. The fourth-order valence-corrected chi connectivity index (χ4v) is 5.51. The Balaban J connectivity index is 2.02. The first-order valence-corrected chi connectivity index (χ1v) is 14.4. The Kier molecular flexibility index (Phi) is 10.2. The van der Waals surface area contributed by atoms with Crippen LogP contribution in [0.25, 0.3) is 0 Å². The van der Waals surface area contributed by atoms with Gasteiger partial charge in [0.15, 0.2) is 0 Å². The van der Waals surface area contributed by atoms with Crippen molar-refractivity contribution < 1.29 is 22.4 Å². The molecule has 1 N–H and O–H groups in total. The van der Waals surface area contributed by atoms with Crippen LogP contribution >= 0.6 is 0 Å². The number of carbonyl (C=O) groups excluding carboxylic acids is 2. The van der Waals surface area contributed by atoms with Crippen molar-refractivity contribution in [3.05, 3.63) is 95.8 Å². The van der Waals surface area contributed by atoms with Crippen molar-refractivity contribution in [2.24, 2.45) is 5.92 Å². The summed E-state index contributed by atoms with van der Waals surface area (Å²) in [4.78, 5) is 28.4. The van der Waals surface area contributed by atoms with E-state index in [9.17, 15) is 22.4 Å². The second-order valence-electron chi connectivity index (χ2n) is 9.87. The van der Waals surface area contributed by atoms with Gasteiger partial charge in [-0.1, -0.05) is 68.8 Å². The van der Waals surface area contributed by atoms with E-state index in [1.54, 1.807) is 24.3 Å². The maximum atomic E-state index is 14.0. The van der Waals surface area contributed by atoms with Gasteiger partial charge in [-0.2, -0.15) is 0 Å². The molecule has 0 spiro atoms. The molecule has 208 valence electrons. The Morgan fingerprint density at radius 2 is 1.54 bits per heavy atom. The van der Waals surface area contributed by atoms with Gasteiger partial charge in [0.25, 0.3) is 10.0 Å². The summed E-state index contributed by atoms with van der Waals surface area (Å²) < 4.78 is 42.1. The zero-order valence-electron chi connectivity index (χ0n) is 22.8. The maximum absolute atomic E-state index is 14.0. The minimum Gasteiger partial charge on any atom is -0.354 e. The molecule has 0 heterocycles. The summed E-state index contributed by atoms with van der Waals surface area (Å²) in [5.41, 5.74) is 2.02. The number of nitrogens with one attached hydrogen (secondary N) is 1. The molecule has 3 rings (SSSR count). The Bertz CT molecular complexity index is 1350. The second-order valence-corrected chi connectivity index (χ2v) is 11.7. The lowest BCUT2D eigenvalue weighted by Crippen LogP contribution is -2.52. The lowest BCUT2D eigenvalue weighted by molar-refractivity contribution is -0.140. The number of anilines is 1. The third-order valence-corrected chi connectivity index (χ3v) is 8.06. The van der Waals surface area contributed by atoms with Gasteiger partial charge in [-0.3, -0.25) is 13.9 Å². The van der Waals surface area contributed by atoms with Gasteiger partial charge in [-0.05, 0) is 61.2 Å². The molecule has 9 heteroatoms. The Hall–Kier alpha value is -3.72. The number of carbonyl (C=O) groups is 2. The summed E-state index contributed by atoms with van der Waals surface area (Å²) in [7, 11) is -4.24. The van der Waals surface area contributed by atoms with Crippen LogP contribution < -0.4 is 9.62 Å². The first kappa shape index (κ1) is 29.8. The van der Waals surface area contributed by atoms with Crippen molar-refractivity contribution in [3.8, 4) is 0 Å². The maximum Gasteiger partial charge on any atom is 0.264 e. The lowest BCUT2D eigenvalue weighted by Gasteiger charge is -2.33. The van der Waals surface area contributed by atoms with Crippen molar-refractivity contribution in [2.45, 2.75) is 51.6 Å². The minimum absolute atomic E-state index is 0.131. The van der Waals surface area contributed by atoms with Crippen LogP contribution in [0.2, 0.25) is 0 Å². The molecule has 0 unspecified atom stereocenters. The van der Waals surface area contributed by atoms with Gasteiger partial charge in [0.05, 0.1) is 10.6 Å². The molecular weight excluding hydrogens is 517 g/mol. The fraction of sp³-hybridized carbons (Fsp3) is 0.333. The molecule has 3 aromatic carbocycles. The van der Waals surface area contributed by atoms with E-state index in [1.165, 1.54) is 17.0 Å². The predicted molar refractivity (Wildman–Crippen MR) is 151 cm³/mol. The first-order chi connectivity index (χ1) is 18.5. The van der Waals surface area contributed by atoms with E-state index >= 15 is 0 Å². The summed E-state index contributed by atoms with van der Waals surface area (Å²) in [6.07, 6.45) is 0.345. The van der Waals surface area contributed by atoms with E-state index in [0.29, 0.717) is 13.0 Å². The standard InChI is InChI=1S/C30H36FN3O4S/c1-5-28(30(36)32-19-22(2)3)33(20-24-9-7-6-8-10-24)29(35)21-34(26-15-11-23(4)12-16-26)39(37,38)27-17-13-25(31)14-18-27/h6-18,22,28H,5,19-21H2,1-4H3,(H,32,36)/t28-/m1/s1. The molecule has 0 saturated heterocycles. The first-order valence-electron chi connectivity index (χ1n) is 13.0. The molecule has 0 radical (unpaired) electrons. The molecule has 0 aliphatic rings. The summed E-state index contributed by atoms with van der Waals surface area (Å²) in [5.74, 6) is -1.17. The zero-order valence-corrected chi connectivity index (χ0v) is 23.6. The van der Waals surface area contributed by atoms with Gasteiger partial charge in [0.1, 0.15) is 18.4 Å². The van der Waals surface area contributed by atoms with E-state index in [-0.39, 0.29) is 29.0 Å². The number of nitrogens with zero attached hydrogens (tertiary/aromatic N) is 2. The number of hydrogen-bond donors (Lipinski definition) is 1. The molecular formula is C30H36FN3O4S. The summed E-state index contributed by atoms with van der Waals surface area (Å²) in [5, 5.41) is 2.91. The zero-order chi connectivity index (χ0) is 28.6. The number of rotatable bonds is 12. The number of benzene rings is 3. The van der Waals surface area contributed by atoms with Gasteiger partial charge < -0.3 is 10.2 Å². The monoisotopic (exact) mass is 553 g/mol. The Morgan fingerprint density at radius 3 is 2.10 bits per heavy atom. The van der Waals surface area contributed by atoms with E-state index in [2.05, 4.69) is 5.32 Å². The van der Waals surface area contributed by atoms with Crippen LogP contribution in [-0.2, 0) is 26.2 Å². The summed E-state index contributed by atoms with van der Waals surface area (Å²) >= 11 is 0. The molecule has 0 bridgehead atoms. The SMILES string of the molecule is CC[C@H](C(=O)NCC(C)C)N(Cc1ccccc1)C(=O)CN(c1ccc(C)cc1)S(=O)(=O)c1ccc(F)cc1. The van der Waals surface area contributed by atoms with Crippen LogP contribution in [0.3, 0.4) is 0 Å². The molecule has 0 saturated carbocycles. The van der Waals surface area contributed by atoms with Gasteiger partial charge in [-0.15, -0.1) is 0 Å². The normalized spacial score (nSPS) is 12.2. The quantitative estimate of drug-likeness (QED) is 0.345. The van der Waals surface area contributed by atoms with Gasteiger partial charge in [0, 0.05) is 13.1 Å². The highest BCUT2D eigenvalue weighted by atomic mass is 32.2. The molecule has 2 amide bonds. The highest BCUT2D eigenvalue weighted by Gasteiger charge is 2.33. The Labute approximate surface area is 230 Å². The van der Waals surface area contributed by atoms with Crippen LogP contribution in [0.15, 0.2) is 83.8 Å². The molecule has 0 fully saturated rings. The molecule has 39 heavy (non-hydrogen) atoms. The van der Waals surface area contributed by atoms with E-state index < -0.39 is 34.3 Å².